The predicted molar refractivity (Wildman–Crippen MR) is 133 cm³/mol. The highest BCUT2D eigenvalue weighted by molar-refractivity contribution is 6.05. The van der Waals surface area contributed by atoms with Gasteiger partial charge in [-0.05, 0) is 67.3 Å². The zero-order chi connectivity index (χ0) is 25.7. The van der Waals surface area contributed by atoms with Gasteiger partial charge >= 0.3 is 0 Å². The summed E-state index contributed by atoms with van der Waals surface area (Å²) in [6.07, 6.45) is 3.24. The normalized spacial score (nSPS) is 18.9. The van der Waals surface area contributed by atoms with Crippen molar-refractivity contribution in [3.8, 4) is 5.69 Å². The number of aromatic nitrogens is 3. The van der Waals surface area contributed by atoms with E-state index in [0.717, 1.165) is 29.9 Å². The Hall–Kier alpha value is -4.54. The van der Waals surface area contributed by atoms with Gasteiger partial charge in [0.05, 0.1) is 11.9 Å². The van der Waals surface area contributed by atoms with Crippen molar-refractivity contribution in [1.82, 2.24) is 25.2 Å². The van der Waals surface area contributed by atoms with Crippen LogP contribution < -0.4 is 15.5 Å². The van der Waals surface area contributed by atoms with E-state index in [9.17, 15) is 19.2 Å². The molecule has 0 aliphatic carbocycles. The van der Waals surface area contributed by atoms with Crippen molar-refractivity contribution in [2.45, 2.75) is 38.8 Å². The fourth-order valence-corrected chi connectivity index (χ4v) is 4.94. The summed E-state index contributed by atoms with van der Waals surface area (Å²) in [6.45, 7) is 4.32. The highest BCUT2D eigenvalue weighted by Crippen LogP contribution is 2.29. The lowest BCUT2D eigenvalue weighted by atomic mass is 10.0. The van der Waals surface area contributed by atoms with Crippen LogP contribution in [0.2, 0.25) is 0 Å². The van der Waals surface area contributed by atoms with Crippen LogP contribution in [0.4, 0.5) is 11.4 Å². The number of piperidine rings is 1. The molecular formula is C26H25N7O4. The van der Waals surface area contributed by atoms with Gasteiger partial charge in [-0.15, -0.1) is 5.10 Å². The number of rotatable bonds is 5. The van der Waals surface area contributed by atoms with Crippen LogP contribution in [0.5, 0.6) is 0 Å². The molecule has 188 valence electrons. The van der Waals surface area contributed by atoms with Crippen molar-refractivity contribution >= 4 is 35.0 Å². The number of benzene rings is 2. The molecule has 4 heterocycles. The molecule has 0 saturated carbocycles. The molecule has 3 aliphatic heterocycles. The first-order valence-electron chi connectivity index (χ1n) is 12.2. The molecule has 1 unspecified atom stereocenters. The van der Waals surface area contributed by atoms with Gasteiger partial charge in [0, 0.05) is 43.0 Å². The molecule has 1 atom stereocenters. The number of nitrogens with zero attached hydrogens (tertiary/aromatic N) is 5. The van der Waals surface area contributed by atoms with E-state index >= 15 is 0 Å². The first-order chi connectivity index (χ1) is 17.9. The predicted octanol–water partition coefficient (Wildman–Crippen LogP) is 1.80. The molecule has 2 N–H and O–H groups in total. The largest absolute Gasteiger partial charge is 0.371 e. The second kappa shape index (κ2) is 8.84. The van der Waals surface area contributed by atoms with E-state index in [1.165, 1.54) is 22.2 Å². The van der Waals surface area contributed by atoms with Gasteiger partial charge < -0.3 is 15.1 Å². The second-order valence-corrected chi connectivity index (χ2v) is 9.58. The van der Waals surface area contributed by atoms with Crippen molar-refractivity contribution in [2.75, 3.05) is 23.3 Å². The number of amides is 4. The van der Waals surface area contributed by atoms with Gasteiger partial charge in [-0.25, -0.2) is 4.68 Å². The van der Waals surface area contributed by atoms with Crippen molar-refractivity contribution in [3.63, 3.8) is 0 Å². The van der Waals surface area contributed by atoms with Crippen molar-refractivity contribution in [1.29, 1.82) is 0 Å². The number of hydrogen-bond acceptors (Lipinski definition) is 7. The minimum Gasteiger partial charge on any atom is -0.371 e. The summed E-state index contributed by atoms with van der Waals surface area (Å²) in [7, 11) is 0. The molecule has 0 spiro atoms. The number of hydrogen-bond donors (Lipinski definition) is 2. The van der Waals surface area contributed by atoms with Crippen LogP contribution in [-0.4, -0.2) is 62.7 Å². The number of anilines is 2. The Morgan fingerprint density at radius 2 is 1.89 bits per heavy atom. The van der Waals surface area contributed by atoms with E-state index in [-0.39, 0.29) is 36.4 Å². The first-order valence-corrected chi connectivity index (χ1v) is 12.2. The molecule has 0 bridgehead atoms. The number of carbonyl (C=O) groups excluding carboxylic acids is 4. The quantitative estimate of drug-likeness (QED) is 0.512. The molecule has 37 heavy (non-hydrogen) atoms. The number of imide groups is 1. The molecule has 6 rings (SSSR count). The average Bonchev–Trinajstić information content (AvgIpc) is 3.45. The Morgan fingerprint density at radius 3 is 2.62 bits per heavy atom. The van der Waals surface area contributed by atoms with Crippen molar-refractivity contribution < 1.29 is 19.2 Å². The molecule has 3 aromatic rings. The third-order valence-electron chi connectivity index (χ3n) is 7.18. The summed E-state index contributed by atoms with van der Waals surface area (Å²) in [5.74, 6) is -1.39. The highest BCUT2D eigenvalue weighted by atomic mass is 16.2. The van der Waals surface area contributed by atoms with Crippen molar-refractivity contribution in [2.24, 2.45) is 0 Å². The molecular weight excluding hydrogens is 474 g/mol. The van der Waals surface area contributed by atoms with E-state index in [0.29, 0.717) is 23.4 Å². The van der Waals surface area contributed by atoms with Crippen LogP contribution in [0.1, 0.15) is 51.2 Å². The summed E-state index contributed by atoms with van der Waals surface area (Å²) in [5.41, 5.74) is 4.88. The average molecular weight is 500 g/mol. The van der Waals surface area contributed by atoms with E-state index in [1.807, 2.05) is 19.1 Å². The maximum Gasteiger partial charge on any atom is 0.277 e. The molecule has 2 saturated heterocycles. The highest BCUT2D eigenvalue weighted by Gasteiger charge is 2.39. The van der Waals surface area contributed by atoms with Crippen LogP contribution in [0.3, 0.4) is 0 Å². The van der Waals surface area contributed by atoms with Gasteiger partial charge in [0.15, 0.2) is 5.69 Å². The van der Waals surface area contributed by atoms with E-state index in [1.54, 1.807) is 18.2 Å². The first kappa shape index (κ1) is 22.9. The van der Waals surface area contributed by atoms with E-state index < -0.39 is 11.9 Å². The zero-order valence-electron chi connectivity index (χ0n) is 20.2. The SMILES string of the molecule is Cc1cc(N2CCC2)ccc1NC(=O)c1cn(-c2ccc3c(c2)CN(C2CCC(=O)NC2=O)C3=O)nn1. The Balaban J connectivity index is 1.16. The summed E-state index contributed by atoms with van der Waals surface area (Å²) >= 11 is 0. The standard InChI is InChI=1S/C26H25N7O4/c1-15-11-17(31-9-2-10-31)4-6-20(15)27-24(35)21-14-33(30-29-21)18-3-5-19-16(12-18)13-32(26(19)37)22-7-8-23(34)28-25(22)36/h3-6,11-12,14,22H,2,7-10,13H2,1H3,(H,27,35)(H,28,34,36). The lowest BCUT2D eigenvalue weighted by Crippen LogP contribution is -2.52. The maximum atomic E-state index is 12.9. The van der Waals surface area contributed by atoms with Crippen molar-refractivity contribution in [3.05, 3.63) is 65.0 Å². The Bertz CT molecular complexity index is 1460. The molecule has 11 nitrogen and oxygen atoms in total. The van der Waals surface area contributed by atoms with Crippen LogP contribution in [0.25, 0.3) is 5.69 Å². The van der Waals surface area contributed by atoms with Gasteiger partial charge in [0.1, 0.15) is 6.04 Å². The third-order valence-corrected chi connectivity index (χ3v) is 7.18. The third kappa shape index (κ3) is 4.11. The summed E-state index contributed by atoms with van der Waals surface area (Å²) in [4.78, 5) is 53.3. The van der Waals surface area contributed by atoms with Gasteiger partial charge in [-0.3, -0.25) is 24.5 Å². The smallest absolute Gasteiger partial charge is 0.277 e. The Kier molecular flexibility index (Phi) is 5.47. The zero-order valence-corrected chi connectivity index (χ0v) is 20.2. The topological polar surface area (TPSA) is 130 Å². The number of fused-ring (bicyclic) bond motifs is 1. The Morgan fingerprint density at radius 1 is 1.08 bits per heavy atom. The molecule has 2 aromatic carbocycles. The number of nitrogens with one attached hydrogen (secondary N) is 2. The Labute approximate surface area is 212 Å². The van der Waals surface area contributed by atoms with Crippen LogP contribution in [-0.2, 0) is 16.1 Å². The summed E-state index contributed by atoms with van der Waals surface area (Å²) < 4.78 is 1.48. The fraction of sp³-hybridized carbons (Fsp3) is 0.308. The maximum absolute atomic E-state index is 12.9. The summed E-state index contributed by atoms with van der Waals surface area (Å²) in [5, 5.41) is 13.3. The van der Waals surface area contributed by atoms with Gasteiger partial charge in [0.2, 0.25) is 11.8 Å². The summed E-state index contributed by atoms with van der Waals surface area (Å²) in [6, 6.07) is 10.5. The van der Waals surface area contributed by atoms with Gasteiger partial charge in [0.25, 0.3) is 11.8 Å². The number of aryl methyl sites for hydroxylation is 1. The van der Waals surface area contributed by atoms with E-state index in [4.69, 9.17) is 0 Å². The van der Waals surface area contributed by atoms with Crippen LogP contribution in [0, 0.1) is 6.92 Å². The van der Waals surface area contributed by atoms with Gasteiger partial charge in [-0.2, -0.15) is 0 Å². The van der Waals surface area contributed by atoms with Gasteiger partial charge in [-0.1, -0.05) is 5.21 Å². The molecule has 1 aromatic heterocycles. The second-order valence-electron chi connectivity index (χ2n) is 9.58. The molecule has 3 aliphatic rings. The molecule has 4 amide bonds. The molecule has 11 heteroatoms. The molecule has 0 radical (unpaired) electrons. The monoisotopic (exact) mass is 499 g/mol. The van der Waals surface area contributed by atoms with Crippen LogP contribution in [0.15, 0.2) is 42.6 Å². The lowest BCUT2D eigenvalue weighted by Gasteiger charge is -2.33. The fourth-order valence-electron chi connectivity index (χ4n) is 4.94. The van der Waals surface area contributed by atoms with E-state index in [2.05, 4.69) is 31.9 Å². The molecule has 2 fully saturated rings. The lowest BCUT2D eigenvalue weighted by molar-refractivity contribution is -0.136. The minimum atomic E-state index is -0.675. The number of carbonyl (C=O) groups is 4. The van der Waals surface area contributed by atoms with Crippen LogP contribution >= 0.6 is 0 Å². The minimum absolute atomic E-state index is 0.160.